The van der Waals surface area contributed by atoms with Gasteiger partial charge in [-0.15, -0.1) is 24.0 Å². The van der Waals surface area contributed by atoms with Crippen molar-refractivity contribution in [1.29, 1.82) is 0 Å². The van der Waals surface area contributed by atoms with Gasteiger partial charge in [-0.3, -0.25) is 0 Å². The first-order chi connectivity index (χ1) is 15.0. The maximum absolute atomic E-state index is 5.83. The summed E-state index contributed by atoms with van der Waals surface area (Å²) in [7, 11) is 0. The van der Waals surface area contributed by atoms with Crippen LogP contribution >= 0.6 is 24.0 Å². The van der Waals surface area contributed by atoms with E-state index in [2.05, 4.69) is 65.2 Å². The van der Waals surface area contributed by atoms with E-state index >= 15 is 0 Å². The fraction of sp³-hybridized carbons (Fsp3) is 0.750. The molecular formula is C24H43IN6O. The Balaban J connectivity index is 0.00000363. The van der Waals surface area contributed by atoms with E-state index in [1.54, 1.807) is 0 Å². The lowest BCUT2D eigenvalue weighted by atomic mass is 10.0. The number of hydrogen-bond donors (Lipinski definition) is 2. The van der Waals surface area contributed by atoms with E-state index in [4.69, 9.17) is 9.73 Å². The Morgan fingerprint density at radius 3 is 2.59 bits per heavy atom. The van der Waals surface area contributed by atoms with E-state index in [-0.39, 0.29) is 36.2 Å². The number of anilines is 1. The molecule has 2 fully saturated rings. The average Bonchev–Trinajstić information content (AvgIpc) is 2.76. The Labute approximate surface area is 211 Å². The highest BCUT2D eigenvalue weighted by Gasteiger charge is 2.23. The van der Waals surface area contributed by atoms with Crippen molar-refractivity contribution in [2.45, 2.75) is 78.2 Å². The lowest BCUT2D eigenvalue weighted by Crippen LogP contribution is -2.45. The Kier molecular flexibility index (Phi) is 12.0. The van der Waals surface area contributed by atoms with Gasteiger partial charge in [0.05, 0.1) is 18.8 Å². The topological polar surface area (TPSA) is 65.0 Å². The molecule has 0 saturated carbocycles. The van der Waals surface area contributed by atoms with Crippen LogP contribution in [0.4, 0.5) is 5.82 Å². The predicted molar refractivity (Wildman–Crippen MR) is 144 cm³/mol. The molecule has 2 saturated heterocycles. The molecule has 2 aliphatic rings. The zero-order valence-electron chi connectivity index (χ0n) is 20.3. The Morgan fingerprint density at radius 2 is 1.94 bits per heavy atom. The molecule has 0 amide bonds. The average molecular weight is 559 g/mol. The Bertz CT molecular complexity index is 676. The number of pyridine rings is 1. The largest absolute Gasteiger partial charge is 0.372 e. The van der Waals surface area contributed by atoms with E-state index < -0.39 is 0 Å². The smallest absolute Gasteiger partial charge is 0.191 e. The summed E-state index contributed by atoms with van der Waals surface area (Å²) in [5.74, 6) is 1.90. The molecule has 182 valence electrons. The van der Waals surface area contributed by atoms with Crippen LogP contribution in [-0.4, -0.2) is 73.4 Å². The third kappa shape index (κ3) is 8.67. The Hall–Kier alpha value is -1.13. The van der Waals surface area contributed by atoms with Crippen LogP contribution in [-0.2, 0) is 11.3 Å². The molecule has 3 atom stereocenters. The van der Waals surface area contributed by atoms with Crippen molar-refractivity contribution in [3.05, 3.63) is 23.9 Å². The summed E-state index contributed by atoms with van der Waals surface area (Å²) < 4.78 is 5.83. The van der Waals surface area contributed by atoms with Gasteiger partial charge in [-0.1, -0.05) is 12.5 Å². The molecule has 0 aromatic carbocycles. The second kappa shape index (κ2) is 14.2. The predicted octanol–water partition coefficient (Wildman–Crippen LogP) is 3.63. The number of ether oxygens (including phenoxy) is 1. The van der Waals surface area contributed by atoms with Crippen LogP contribution < -0.4 is 15.5 Å². The van der Waals surface area contributed by atoms with Crippen molar-refractivity contribution in [1.82, 2.24) is 20.5 Å². The van der Waals surface area contributed by atoms with Crippen molar-refractivity contribution in [3.63, 3.8) is 0 Å². The normalized spacial score (nSPS) is 24.7. The number of aliphatic imine (C=N–C) groups is 1. The number of nitrogens with one attached hydrogen (secondary N) is 2. The second-order valence-corrected chi connectivity index (χ2v) is 9.04. The van der Waals surface area contributed by atoms with Crippen LogP contribution in [0, 0.1) is 0 Å². The maximum Gasteiger partial charge on any atom is 0.191 e. The van der Waals surface area contributed by atoms with E-state index in [0.29, 0.717) is 6.54 Å². The van der Waals surface area contributed by atoms with Crippen LogP contribution in [0.1, 0.15) is 58.9 Å². The molecule has 1 aromatic heterocycles. The lowest BCUT2D eigenvalue weighted by molar-refractivity contribution is -0.00545. The summed E-state index contributed by atoms with van der Waals surface area (Å²) in [6, 6.07) is 4.98. The molecule has 7 nitrogen and oxygen atoms in total. The van der Waals surface area contributed by atoms with Gasteiger partial charge in [0.2, 0.25) is 0 Å². The van der Waals surface area contributed by atoms with Crippen molar-refractivity contribution < 1.29 is 4.74 Å². The lowest BCUT2D eigenvalue weighted by Gasteiger charge is -2.36. The van der Waals surface area contributed by atoms with Gasteiger partial charge in [0.1, 0.15) is 5.82 Å². The zero-order valence-corrected chi connectivity index (χ0v) is 22.7. The minimum absolute atomic E-state index is 0. The third-order valence-electron chi connectivity index (χ3n) is 6.17. The molecule has 32 heavy (non-hydrogen) atoms. The quantitative estimate of drug-likeness (QED) is 0.220. The summed E-state index contributed by atoms with van der Waals surface area (Å²) in [6.07, 6.45) is 7.63. The first-order valence-corrected chi connectivity index (χ1v) is 12.2. The number of likely N-dealkylation sites (tertiary alicyclic amines) is 1. The van der Waals surface area contributed by atoms with E-state index in [1.165, 1.54) is 25.8 Å². The van der Waals surface area contributed by atoms with Crippen LogP contribution in [0.15, 0.2) is 23.3 Å². The van der Waals surface area contributed by atoms with Crippen LogP contribution in [0.25, 0.3) is 0 Å². The fourth-order valence-electron chi connectivity index (χ4n) is 4.55. The molecule has 0 radical (unpaired) electrons. The highest BCUT2D eigenvalue weighted by Crippen LogP contribution is 2.19. The molecule has 0 spiro atoms. The first kappa shape index (κ1) is 27.1. The molecule has 1 aromatic rings. The molecule has 3 rings (SSSR count). The van der Waals surface area contributed by atoms with Crippen LogP contribution in [0.2, 0.25) is 0 Å². The van der Waals surface area contributed by atoms with Crippen molar-refractivity contribution in [2.75, 3.05) is 44.2 Å². The number of guanidine groups is 1. The van der Waals surface area contributed by atoms with Crippen molar-refractivity contribution in [2.24, 2.45) is 4.99 Å². The van der Waals surface area contributed by atoms with Crippen LogP contribution in [0.3, 0.4) is 0 Å². The third-order valence-corrected chi connectivity index (χ3v) is 6.17. The van der Waals surface area contributed by atoms with Gasteiger partial charge in [-0.2, -0.15) is 0 Å². The molecule has 2 aliphatic heterocycles. The summed E-state index contributed by atoms with van der Waals surface area (Å²) in [5, 5.41) is 6.84. The number of halogens is 1. The van der Waals surface area contributed by atoms with E-state index in [0.717, 1.165) is 62.5 Å². The maximum atomic E-state index is 5.83. The van der Waals surface area contributed by atoms with Crippen LogP contribution in [0.5, 0.6) is 0 Å². The van der Waals surface area contributed by atoms with Gasteiger partial charge in [-0.05, 0) is 65.1 Å². The number of rotatable bonds is 8. The molecule has 0 bridgehead atoms. The van der Waals surface area contributed by atoms with Gasteiger partial charge in [0.25, 0.3) is 0 Å². The fourth-order valence-corrected chi connectivity index (χ4v) is 4.55. The number of hydrogen-bond acceptors (Lipinski definition) is 5. The summed E-state index contributed by atoms with van der Waals surface area (Å²) in [5.41, 5.74) is 1.12. The summed E-state index contributed by atoms with van der Waals surface area (Å²) >= 11 is 0. The van der Waals surface area contributed by atoms with Gasteiger partial charge < -0.3 is 25.2 Å². The van der Waals surface area contributed by atoms with Crippen molar-refractivity contribution >= 4 is 35.8 Å². The zero-order chi connectivity index (χ0) is 22.1. The minimum Gasteiger partial charge on any atom is -0.372 e. The molecule has 0 aliphatic carbocycles. The highest BCUT2D eigenvalue weighted by atomic mass is 127. The van der Waals surface area contributed by atoms with E-state index in [1.807, 2.05) is 6.20 Å². The summed E-state index contributed by atoms with van der Waals surface area (Å²) in [6.45, 7) is 15.3. The van der Waals surface area contributed by atoms with Gasteiger partial charge >= 0.3 is 0 Å². The highest BCUT2D eigenvalue weighted by molar-refractivity contribution is 14.0. The number of aromatic nitrogens is 1. The molecule has 3 heterocycles. The standard InChI is InChI=1S/C24H42N6O.HI/c1-5-25-24(26-12-8-14-29-13-7-6-9-19(29)2)28-16-22-10-11-23(27-15-22)30-17-20(3)31-21(4)18-30;/h10-11,15,19-21H,5-9,12-14,16-18H2,1-4H3,(H2,25,26,28);1H. The summed E-state index contributed by atoms with van der Waals surface area (Å²) in [4.78, 5) is 14.4. The van der Waals surface area contributed by atoms with Gasteiger partial charge in [-0.25, -0.2) is 9.98 Å². The SMILES string of the molecule is CCNC(=NCc1ccc(N2CC(C)OC(C)C2)nc1)NCCCN1CCCCC1C.I. The number of morpholine rings is 1. The minimum atomic E-state index is 0. The van der Waals surface area contributed by atoms with Gasteiger partial charge in [0, 0.05) is 45.0 Å². The molecular weight excluding hydrogens is 515 g/mol. The first-order valence-electron chi connectivity index (χ1n) is 12.2. The molecule has 2 N–H and O–H groups in total. The Morgan fingerprint density at radius 1 is 1.16 bits per heavy atom. The van der Waals surface area contributed by atoms with Gasteiger partial charge in [0.15, 0.2) is 5.96 Å². The molecule has 3 unspecified atom stereocenters. The number of nitrogens with zero attached hydrogens (tertiary/aromatic N) is 4. The van der Waals surface area contributed by atoms with Crippen molar-refractivity contribution in [3.8, 4) is 0 Å². The molecule has 8 heteroatoms. The van der Waals surface area contributed by atoms with E-state index in [9.17, 15) is 0 Å². The monoisotopic (exact) mass is 558 g/mol. The number of piperidine rings is 1. The second-order valence-electron chi connectivity index (χ2n) is 9.04.